The minimum atomic E-state index is -0.145. The van der Waals surface area contributed by atoms with Gasteiger partial charge in [-0.25, -0.2) is 9.97 Å². The van der Waals surface area contributed by atoms with E-state index in [2.05, 4.69) is 100 Å². The molecule has 0 saturated heterocycles. The van der Waals surface area contributed by atoms with Crippen molar-refractivity contribution in [1.82, 2.24) is 19.9 Å². The Morgan fingerprint density at radius 3 is 1.15 bits per heavy atom. The van der Waals surface area contributed by atoms with Crippen LogP contribution in [0.3, 0.4) is 0 Å². The van der Waals surface area contributed by atoms with Crippen LogP contribution in [0.4, 0.5) is 0 Å². The van der Waals surface area contributed by atoms with Crippen LogP contribution in [-0.4, -0.2) is 19.9 Å². The average Bonchev–Trinajstić information content (AvgIpc) is 3.47. The van der Waals surface area contributed by atoms with Crippen molar-refractivity contribution in [1.29, 1.82) is 0 Å². The summed E-state index contributed by atoms with van der Waals surface area (Å²) < 4.78 is 0. The number of H-pyrrole nitrogens is 2. The van der Waals surface area contributed by atoms with Gasteiger partial charge in [-0.05, 0) is 22.0 Å². The molecule has 0 fully saturated rings. The number of hydrogen-bond acceptors (Lipinski definition) is 4. The van der Waals surface area contributed by atoms with Gasteiger partial charge >= 0.3 is 0 Å². The highest BCUT2D eigenvalue weighted by Crippen LogP contribution is 2.32. The summed E-state index contributed by atoms with van der Waals surface area (Å²) in [6, 6.07) is 16.6. The fourth-order valence-electron chi connectivity index (χ4n) is 3.77. The normalized spacial score (nSPS) is 14.2. The van der Waals surface area contributed by atoms with Crippen LogP contribution in [0.1, 0.15) is 65.3 Å². The molecule has 2 heterocycles. The highest BCUT2D eigenvalue weighted by Gasteiger charge is 2.26. The molecule has 6 N–H and O–H groups in total. The number of hydrogen-bond donors (Lipinski definition) is 4. The molecule has 0 aliphatic rings. The number of benzene rings is 2. The Kier molecular flexibility index (Phi) is 6.23. The second-order valence-corrected chi connectivity index (χ2v) is 11.2. The van der Waals surface area contributed by atoms with Gasteiger partial charge in [-0.15, -0.1) is 0 Å². The van der Waals surface area contributed by atoms with Crippen LogP contribution in [0.2, 0.25) is 0 Å². The summed E-state index contributed by atoms with van der Waals surface area (Å²) in [5, 5.41) is 0. The zero-order valence-corrected chi connectivity index (χ0v) is 21.0. The molecule has 4 rings (SSSR count). The fraction of sp³-hybridized carbons (Fsp3) is 0.357. The lowest BCUT2D eigenvalue weighted by atomic mass is 9.87. The lowest BCUT2D eigenvalue weighted by molar-refractivity contribution is 0.316. The van der Waals surface area contributed by atoms with Crippen LogP contribution in [0, 0.1) is 10.8 Å². The average molecular weight is 457 g/mol. The van der Waals surface area contributed by atoms with Crippen LogP contribution in [-0.2, 0) is 0 Å². The molecular weight excluding hydrogens is 420 g/mol. The number of aromatic amines is 2. The first-order valence-electron chi connectivity index (χ1n) is 11.8. The molecule has 178 valence electrons. The second-order valence-electron chi connectivity index (χ2n) is 11.2. The van der Waals surface area contributed by atoms with Crippen LogP contribution in [0.15, 0.2) is 60.9 Å². The maximum atomic E-state index is 6.35. The molecule has 4 aromatic rings. The zero-order valence-electron chi connectivity index (χ0n) is 21.0. The third-order valence-corrected chi connectivity index (χ3v) is 6.35. The van der Waals surface area contributed by atoms with Crippen molar-refractivity contribution in [3.8, 4) is 33.6 Å². The van der Waals surface area contributed by atoms with Crippen molar-refractivity contribution >= 4 is 0 Å². The van der Waals surface area contributed by atoms with Gasteiger partial charge in [0.15, 0.2) is 0 Å². The molecular formula is C28H36N6. The van der Waals surface area contributed by atoms with Crippen LogP contribution >= 0.6 is 0 Å². The van der Waals surface area contributed by atoms with Crippen LogP contribution in [0.5, 0.6) is 0 Å². The predicted octanol–water partition coefficient (Wildman–Crippen LogP) is 6.23. The highest BCUT2D eigenvalue weighted by molar-refractivity contribution is 5.71. The van der Waals surface area contributed by atoms with E-state index in [1.165, 1.54) is 0 Å². The van der Waals surface area contributed by atoms with E-state index in [1.54, 1.807) is 0 Å². The summed E-state index contributed by atoms with van der Waals surface area (Å²) in [4.78, 5) is 15.9. The Balaban J connectivity index is 1.49. The lowest BCUT2D eigenvalue weighted by Gasteiger charge is -2.24. The van der Waals surface area contributed by atoms with Gasteiger partial charge in [0, 0.05) is 23.5 Å². The first-order chi connectivity index (χ1) is 15.9. The molecule has 0 amide bonds. The van der Waals surface area contributed by atoms with Gasteiger partial charge in [-0.2, -0.15) is 0 Å². The smallest absolute Gasteiger partial charge is 0.124 e. The number of rotatable bonds is 5. The Bertz CT molecular complexity index is 1130. The Morgan fingerprint density at radius 2 is 0.853 bits per heavy atom. The van der Waals surface area contributed by atoms with E-state index < -0.39 is 0 Å². The first-order valence-corrected chi connectivity index (χ1v) is 11.8. The quantitative estimate of drug-likeness (QED) is 0.285. The molecule has 6 nitrogen and oxygen atoms in total. The molecule has 0 aliphatic heterocycles. The third kappa shape index (κ3) is 4.98. The van der Waals surface area contributed by atoms with E-state index in [-0.39, 0.29) is 22.9 Å². The molecule has 0 aliphatic carbocycles. The maximum Gasteiger partial charge on any atom is 0.124 e. The summed E-state index contributed by atoms with van der Waals surface area (Å²) in [6.45, 7) is 12.7. The Hall–Kier alpha value is -3.22. The molecule has 34 heavy (non-hydrogen) atoms. The third-order valence-electron chi connectivity index (χ3n) is 6.35. The van der Waals surface area contributed by atoms with E-state index >= 15 is 0 Å². The molecule has 6 heteroatoms. The van der Waals surface area contributed by atoms with Gasteiger partial charge in [0.1, 0.15) is 11.6 Å². The van der Waals surface area contributed by atoms with E-state index in [1.807, 2.05) is 12.4 Å². The molecule has 0 spiro atoms. The van der Waals surface area contributed by atoms with Crippen molar-refractivity contribution in [3.05, 3.63) is 72.6 Å². The van der Waals surface area contributed by atoms with Gasteiger partial charge in [0.25, 0.3) is 0 Å². The standard InChI is InChI=1S/C28H36N6/c1-27(2,3)23(29)25-31-15-21(33-25)19-11-7-17(8-12-19)18-9-13-20(14-10-18)22-16-32-26(34-22)24(30)28(4,5)6/h7-16,23-24H,29-30H2,1-6H3,(H,31,33)(H,32,34)/t23-,24-/m1/s1. The van der Waals surface area contributed by atoms with Crippen molar-refractivity contribution in [2.75, 3.05) is 0 Å². The van der Waals surface area contributed by atoms with Crippen molar-refractivity contribution in [3.63, 3.8) is 0 Å². The predicted molar refractivity (Wildman–Crippen MR) is 140 cm³/mol. The zero-order chi connectivity index (χ0) is 24.7. The molecule has 0 saturated carbocycles. The summed E-state index contributed by atoms with van der Waals surface area (Å²) in [6.07, 6.45) is 3.85. The van der Waals surface area contributed by atoms with E-state index in [9.17, 15) is 0 Å². The summed E-state index contributed by atoms with van der Waals surface area (Å²) >= 11 is 0. The summed E-state index contributed by atoms with van der Waals surface area (Å²) in [5.41, 5.74) is 18.8. The number of nitrogens with zero attached hydrogens (tertiary/aromatic N) is 2. The minimum absolute atomic E-state index is 0.0543. The number of nitrogens with one attached hydrogen (secondary N) is 2. The van der Waals surface area contributed by atoms with Crippen LogP contribution < -0.4 is 11.5 Å². The van der Waals surface area contributed by atoms with E-state index in [0.717, 1.165) is 45.3 Å². The van der Waals surface area contributed by atoms with Crippen molar-refractivity contribution in [2.24, 2.45) is 22.3 Å². The Labute approximate surface area is 202 Å². The molecule has 0 unspecified atom stereocenters. The first kappa shape index (κ1) is 23.9. The van der Waals surface area contributed by atoms with E-state index in [4.69, 9.17) is 21.4 Å². The van der Waals surface area contributed by atoms with Crippen LogP contribution in [0.25, 0.3) is 33.6 Å². The van der Waals surface area contributed by atoms with Gasteiger partial charge < -0.3 is 21.4 Å². The van der Waals surface area contributed by atoms with Crippen molar-refractivity contribution < 1.29 is 0 Å². The lowest BCUT2D eigenvalue weighted by Crippen LogP contribution is -2.27. The largest absolute Gasteiger partial charge is 0.347 e. The highest BCUT2D eigenvalue weighted by atomic mass is 15.0. The van der Waals surface area contributed by atoms with Crippen molar-refractivity contribution in [2.45, 2.75) is 53.6 Å². The molecule has 0 radical (unpaired) electrons. The fourth-order valence-corrected chi connectivity index (χ4v) is 3.77. The maximum absolute atomic E-state index is 6.35. The molecule has 0 bridgehead atoms. The van der Waals surface area contributed by atoms with Gasteiger partial charge in [0.2, 0.25) is 0 Å². The topological polar surface area (TPSA) is 109 Å². The number of imidazole rings is 2. The molecule has 2 aromatic carbocycles. The Morgan fingerprint density at radius 1 is 0.559 bits per heavy atom. The van der Waals surface area contributed by atoms with Gasteiger partial charge in [0.05, 0.1) is 23.5 Å². The summed E-state index contributed by atoms with van der Waals surface area (Å²) in [5.74, 6) is 1.62. The van der Waals surface area contributed by atoms with E-state index in [0.29, 0.717) is 0 Å². The SMILES string of the molecule is CC(C)(C)[C@H](N)c1nc(-c2ccc(-c3ccc(-c4c[nH]c([C@@H](N)C(C)(C)C)n4)cc3)cc2)c[nH]1. The molecule has 2 aromatic heterocycles. The summed E-state index contributed by atoms with van der Waals surface area (Å²) in [7, 11) is 0. The van der Waals surface area contributed by atoms with Gasteiger partial charge in [-0.3, -0.25) is 0 Å². The van der Waals surface area contributed by atoms with Gasteiger partial charge in [-0.1, -0.05) is 90.1 Å². The molecule has 2 atom stereocenters. The monoisotopic (exact) mass is 456 g/mol. The second kappa shape index (κ2) is 8.85. The number of aromatic nitrogens is 4. The minimum Gasteiger partial charge on any atom is -0.347 e. The number of nitrogens with two attached hydrogens (primary N) is 2.